The summed E-state index contributed by atoms with van der Waals surface area (Å²) in [4.78, 5) is 35.7. The average molecular weight is 503 g/mol. The molecule has 1 aliphatic heterocycles. The van der Waals surface area contributed by atoms with Gasteiger partial charge in [-0.3, -0.25) is 19.1 Å². The third-order valence-electron chi connectivity index (χ3n) is 5.96. The number of aromatic nitrogens is 5. The van der Waals surface area contributed by atoms with E-state index in [4.69, 9.17) is 16.6 Å². The molecule has 1 unspecified atom stereocenters. The molecule has 1 aliphatic rings. The number of amides is 1. The molecule has 0 saturated carbocycles. The van der Waals surface area contributed by atoms with E-state index in [9.17, 15) is 9.59 Å². The number of carbonyl (C=O) groups is 1. The van der Waals surface area contributed by atoms with Crippen molar-refractivity contribution in [1.82, 2.24) is 24.3 Å². The molecule has 0 aliphatic carbocycles. The smallest absolute Gasteiger partial charge is 0.265 e. The van der Waals surface area contributed by atoms with Crippen LogP contribution in [0.4, 0.5) is 5.69 Å². The number of halogens is 1. The first-order valence-corrected chi connectivity index (χ1v) is 12.4. The van der Waals surface area contributed by atoms with E-state index in [0.29, 0.717) is 32.7 Å². The zero-order chi connectivity index (χ0) is 24.1. The van der Waals surface area contributed by atoms with Crippen LogP contribution in [-0.2, 0) is 4.79 Å². The minimum atomic E-state index is -0.303. The lowest BCUT2D eigenvalue weighted by Gasteiger charge is -2.14. The van der Waals surface area contributed by atoms with E-state index in [2.05, 4.69) is 15.4 Å². The van der Waals surface area contributed by atoms with E-state index in [1.165, 1.54) is 18.0 Å². The Balaban J connectivity index is 1.31. The van der Waals surface area contributed by atoms with Crippen LogP contribution in [0.3, 0.4) is 0 Å². The number of hydrogen-bond donors (Lipinski definition) is 1. The highest BCUT2D eigenvalue weighted by Gasteiger charge is 2.29. The molecule has 0 radical (unpaired) electrons. The Bertz CT molecular complexity index is 1700. The Morgan fingerprint density at radius 3 is 2.86 bits per heavy atom. The number of nitrogens with zero attached hydrogens (tertiary/aromatic N) is 5. The van der Waals surface area contributed by atoms with Crippen LogP contribution in [0.1, 0.15) is 18.2 Å². The van der Waals surface area contributed by atoms with Gasteiger partial charge in [-0.1, -0.05) is 47.6 Å². The number of aryl methyl sites for hydroxylation is 1. The van der Waals surface area contributed by atoms with Gasteiger partial charge in [0.25, 0.3) is 5.56 Å². The van der Waals surface area contributed by atoms with Crippen molar-refractivity contribution >= 4 is 56.9 Å². The van der Waals surface area contributed by atoms with E-state index >= 15 is 0 Å². The normalized spacial score (nSPS) is 15.0. The number of thioether (sulfide) groups is 1. The lowest BCUT2D eigenvalue weighted by atomic mass is 10.1. The number of fused-ring (bicyclic) bond motifs is 3. The average Bonchev–Trinajstić information content (AvgIpc) is 3.44. The van der Waals surface area contributed by atoms with Crippen LogP contribution >= 0.6 is 23.4 Å². The highest BCUT2D eigenvalue weighted by Crippen LogP contribution is 2.34. The third kappa shape index (κ3) is 3.86. The molecule has 0 saturated heterocycles. The molecule has 1 amide bonds. The summed E-state index contributed by atoms with van der Waals surface area (Å²) in [5.41, 5.74) is 3.35. The highest BCUT2D eigenvalue weighted by molar-refractivity contribution is 7.99. The summed E-state index contributed by atoms with van der Waals surface area (Å²) in [6, 6.07) is 16.5. The molecule has 5 aromatic rings. The molecule has 0 spiro atoms. The summed E-state index contributed by atoms with van der Waals surface area (Å²) in [6.45, 7) is 1.89. The number of benzene rings is 2. The van der Waals surface area contributed by atoms with E-state index in [1.807, 2.05) is 49.4 Å². The van der Waals surface area contributed by atoms with Crippen molar-refractivity contribution in [3.05, 3.63) is 81.9 Å². The van der Waals surface area contributed by atoms with Crippen molar-refractivity contribution in [3.8, 4) is 5.69 Å². The summed E-state index contributed by atoms with van der Waals surface area (Å²) in [5.74, 6) is 0.420. The molecule has 0 bridgehead atoms. The second-order valence-electron chi connectivity index (χ2n) is 8.39. The van der Waals surface area contributed by atoms with Gasteiger partial charge in [0.2, 0.25) is 5.91 Å². The van der Waals surface area contributed by atoms with Gasteiger partial charge in [-0.25, -0.2) is 9.67 Å². The molecule has 2 aromatic carbocycles. The molecule has 1 atom stereocenters. The number of rotatable bonds is 4. The first kappa shape index (κ1) is 21.8. The molecular weight excluding hydrogens is 484 g/mol. The topological polar surface area (TPSA) is 94.7 Å². The maximum atomic E-state index is 13.4. The summed E-state index contributed by atoms with van der Waals surface area (Å²) < 4.78 is 3.23. The van der Waals surface area contributed by atoms with Crippen LogP contribution in [0.15, 0.2) is 70.7 Å². The number of carbonyl (C=O) groups excluding carboxylic acids is 1. The fraction of sp³-hybridized carbons (Fsp3) is 0.160. The Morgan fingerprint density at radius 1 is 1.14 bits per heavy atom. The predicted molar refractivity (Wildman–Crippen MR) is 138 cm³/mol. The van der Waals surface area contributed by atoms with Gasteiger partial charge in [-0.2, -0.15) is 5.10 Å². The lowest BCUT2D eigenvalue weighted by molar-refractivity contribution is -0.116. The van der Waals surface area contributed by atoms with E-state index < -0.39 is 0 Å². The molecule has 6 rings (SSSR count). The molecule has 10 heteroatoms. The number of nitrogens with one attached hydrogen (secondary N) is 1. The van der Waals surface area contributed by atoms with Crippen molar-refractivity contribution < 1.29 is 4.79 Å². The van der Waals surface area contributed by atoms with E-state index in [1.54, 1.807) is 21.4 Å². The van der Waals surface area contributed by atoms with Crippen LogP contribution in [0.5, 0.6) is 0 Å². The minimum absolute atomic E-state index is 0.158. The molecular formula is C25H19ClN6O2S. The summed E-state index contributed by atoms with van der Waals surface area (Å²) in [5, 5.41) is 9.82. The maximum Gasteiger partial charge on any atom is 0.265 e. The van der Waals surface area contributed by atoms with Gasteiger partial charge in [0.15, 0.2) is 10.8 Å². The monoisotopic (exact) mass is 502 g/mol. The van der Waals surface area contributed by atoms with Crippen LogP contribution in [0.2, 0.25) is 5.02 Å². The first-order valence-electron chi connectivity index (χ1n) is 11.0. The van der Waals surface area contributed by atoms with Crippen LogP contribution in [0.25, 0.3) is 27.6 Å². The van der Waals surface area contributed by atoms with Crippen molar-refractivity contribution in [3.63, 3.8) is 0 Å². The van der Waals surface area contributed by atoms with Crippen molar-refractivity contribution in [2.75, 3.05) is 11.1 Å². The third-order valence-corrected chi connectivity index (χ3v) is 7.30. The molecule has 35 heavy (non-hydrogen) atoms. The minimum Gasteiger partial charge on any atom is -0.325 e. The van der Waals surface area contributed by atoms with Gasteiger partial charge >= 0.3 is 0 Å². The molecule has 0 fully saturated rings. The summed E-state index contributed by atoms with van der Waals surface area (Å²) in [6.07, 6.45) is 1.68. The van der Waals surface area contributed by atoms with Crippen molar-refractivity contribution in [2.24, 2.45) is 0 Å². The zero-order valence-electron chi connectivity index (χ0n) is 18.6. The highest BCUT2D eigenvalue weighted by atomic mass is 35.5. The lowest BCUT2D eigenvalue weighted by Crippen LogP contribution is -2.27. The Morgan fingerprint density at radius 2 is 2.00 bits per heavy atom. The molecule has 174 valence electrons. The first-order chi connectivity index (χ1) is 17.0. The fourth-order valence-electron chi connectivity index (χ4n) is 4.40. The standard InChI is InChI=1S/C25H19ClN6O2S/c1-14-9-21(18-7-2-3-8-20(18)28-14)29-22(33)11-17-13-35-25-30-23-19(24(34)31(17)25)12-27-32(23)16-6-4-5-15(26)10-16/h2-10,12,17H,11,13H2,1H3,(H,28,29,33). The van der Waals surface area contributed by atoms with Crippen LogP contribution < -0.4 is 10.9 Å². The number of pyridine rings is 1. The fourth-order valence-corrected chi connectivity index (χ4v) is 5.72. The molecule has 8 nitrogen and oxygen atoms in total. The van der Waals surface area contributed by atoms with Gasteiger partial charge in [-0.15, -0.1) is 0 Å². The van der Waals surface area contributed by atoms with Gasteiger partial charge in [0, 0.05) is 28.3 Å². The predicted octanol–water partition coefficient (Wildman–Crippen LogP) is 4.77. The van der Waals surface area contributed by atoms with Crippen molar-refractivity contribution in [2.45, 2.75) is 24.5 Å². The molecule has 4 heterocycles. The number of anilines is 1. The molecule has 3 aromatic heterocycles. The van der Waals surface area contributed by atoms with Gasteiger partial charge < -0.3 is 5.32 Å². The van der Waals surface area contributed by atoms with E-state index in [0.717, 1.165) is 22.3 Å². The number of para-hydroxylation sites is 1. The Kier molecular flexibility index (Phi) is 5.31. The van der Waals surface area contributed by atoms with Gasteiger partial charge in [0.1, 0.15) is 5.39 Å². The Labute approximate surface area is 209 Å². The summed E-state index contributed by atoms with van der Waals surface area (Å²) >= 11 is 7.59. The van der Waals surface area contributed by atoms with E-state index in [-0.39, 0.29) is 23.9 Å². The second kappa shape index (κ2) is 8.51. The largest absolute Gasteiger partial charge is 0.325 e. The van der Waals surface area contributed by atoms with Gasteiger partial charge in [0.05, 0.1) is 29.1 Å². The number of hydrogen-bond acceptors (Lipinski definition) is 6. The summed E-state index contributed by atoms with van der Waals surface area (Å²) in [7, 11) is 0. The zero-order valence-corrected chi connectivity index (χ0v) is 20.2. The van der Waals surface area contributed by atoms with Crippen LogP contribution in [0, 0.1) is 6.92 Å². The maximum absolute atomic E-state index is 13.4. The Hall–Kier alpha value is -3.69. The van der Waals surface area contributed by atoms with Gasteiger partial charge in [-0.05, 0) is 37.3 Å². The SMILES string of the molecule is Cc1cc(NC(=O)CC2CSc3nc4c(cnn4-c4cccc(Cl)c4)c(=O)n32)c2ccccc2n1. The van der Waals surface area contributed by atoms with Crippen molar-refractivity contribution in [1.29, 1.82) is 0 Å². The van der Waals surface area contributed by atoms with Crippen LogP contribution in [-0.4, -0.2) is 36.0 Å². The molecule has 1 N–H and O–H groups in total. The second-order valence-corrected chi connectivity index (χ2v) is 9.81. The quantitative estimate of drug-likeness (QED) is 0.356.